The molecule has 0 bridgehead atoms. The van der Waals surface area contributed by atoms with Gasteiger partial charge in [-0.2, -0.15) is 0 Å². The number of aryl methyl sites for hydroxylation is 1. The molecule has 1 fully saturated rings. The number of carbonyl (C=O) groups is 2. The van der Waals surface area contributed by atoms with Crippen molar-refractivity contribution >= 4 is 11.9 Å². The molecule has 0 spiro atoms. The number of hydrogen-bond donors (Lipinski definition) is 0. The van der Waals surface area contributed by atoms with Crippen molar-refractivity contribution < 1.29 is 14.3 Å². The first-order chi connectivity index (χ1) is 8.63. The van der Waals surface area contributed by atoms with Gasteiger partial charge in [-0.15, -0.1) is 0 Å². The minimum Gasteiger partial charge on any atom is -0.469 e. The van der Waals surface area contributed by atoms with E-state index in [-0.39, 0.29) is 17.8 Å². The molecule has 1 aliphatic heterocycles. The van der Waals surface area contributed by atoms with Crippen molar-refractivity contribution in [2.24, 2.45) is 5.92 Å². The van der Waals surface area contributed by atoms with E-state index in [1.54, 1.807) is 4.90 Å². The zero-order chi connectivity index (χ0) is 13.1. The number of rotatable bonds is 2. The summed E-state index contributed by atoms with van der Waals surface area (Å²) in [7, 11) is 1.38. The molecule has 4 heteroatoms. The quantitative estimate of drug-likeness (QED) is 0.746. The Kier molecular flexibility index (Phi) is 3.65. The third kappa shape index (κ3) is 2.37. The molecule has 2 rings (SSSR count). The van der Waals surface area contributed by atoms with Crippen molar-refractivity contribution in [2.45, 2.75) is 13.3 Å². The monoisotopic (exact) mass is 247 g/mol. The molecule has 1 aliphatic rings. The van der Waals surface area contributed by atoms with E-state index < -0.39 is 0 Å². The molecule has 0 aliphatic carbocycles. The number of carbonyl (C=O) groups excluding carboxylic acids is 2. The number of amides is 1. The van der Waals surface area contributed by atoms with Crippen LogP contribution in [0.1, 0.15) is 22.3 Å². The van der Waals surface area contributed by atoms with Crippen LogP contribution < -0.4 is 0 Å². The Morgan fingerprint density at radius 1 is 1.33 bits per heavy atom. The summed E-state index contributed by atoms with van der Waals surface area (Å²) >= 11 is 0. The van der Waals surface area contributed by atoms with Crippen LogP contribution in [0.15, 0.2) is 24.3 Å². The first kappa shape index (κ1) is 12.6. The van der Waals surface area contributed by atoms with E-state index in [1.165, 1.54) is 7.11 Å². The largest absolute Gasteiger partial charge is 0.469 e. The van der Waals surface area contributed by atoms with E-state index >= 15 is 0 Å². The number of benzene rings is 1. The molecule has 0 N–H and O–H groups in total. The topological polar surface area (TPSA) is 46.6 Å². The van der Waals surface area contributed by atoms with Crippen molar-refractivity contribution in [3.63, 3.8) is 0 Å². The van der Waals surface area contributed by atoms with E-state index in [0.717, 1.165) is 5.56 Å². The molecule has 96 valence electrons. The normalized spacial score (nSPS) is 18.8. The smallest absolute Gasteiger partial charge is 0.310 e. The van der Waals surface area contributed by atoms with Gasteiger partial charge >= 0.3 is 5.97 Å². The van der Waals surface area contributed by atoms with Crippen LogP contribution in [0, 0.1) is 12.8 Å². The molecule has 0 aromatic heterocycles. The van der Waals surface area contributed by atoms with Crippen molar-refractivity contribution in [3.05, 3.63) is 35.4 Å². The van der Waals surface area contributed by atoms with E-state index in [9.17, 15) is 9.59 Å². The summed E-state index contributed by atoms with van der Waals surface area (Å²) in [5.41, 5.74) is 1.67. The molecule has 4 nitrogen and oxygen atoms in total. The fourth-order valence-corrected chi connectivity index (χ4v) is 2.29. The number of esters is 1. The highest BCUT2D eigenvalue weighted by molar-refractivity contribution is 5.96. The maximum absolute atomic E-state index is 12.3. The fraction of sp³-hybridized carbons (Fsp3) is 0.429. The molecule has 0 radical (unpaired) electrons. The lowest BCUT2D eigenvalue weighted by molar-refractivity contribution is -0.144. The number of ether oxygens (including phenoxy) is 1. The Bertz CT molecular complexity index is 470. The van der Waals surface area contributed by atoms with Gasteiger partial charge in [0.2, 0.25) is 0 Å². The summed E-state index contributed by atoms with van der Waals surface area (Å²) in [6.45, 7) is 2.99. The molecule has 1 saturated heterocycles. The van der Waals surface area contributed by atoms with E-state index in [4.69, 9.17) is 4.74 Å². The second-order valence-electron chi connectivity index (χ2n) is 4.57. The number of methoxy groups -OCH3 is 1. The van der Waals surface area contributed by atoms with Crippen LogP contribution in [-0.2, 0) is 9.53 Å². The maximum Gasteiger partial charge on any atom is 0.310 e. The third-order valence-electron chi connectivity index (χ3n) is 3.39. The van der Waals surface area contributed by atoms with Crippen molar-refractivity contribution in [1.82, 2.24) is 4.90 Å². The Morgan fingerprint density at radius 3 is 2.72 bits per heavy atom. The molecular formula is C14H17NO3. The third-order valence-corrected chi connectivity index (χ3v) is 3.39. The molecule has 1 aromatic rings. The molecule has 1 heterocycles. The Morgan fingerprint density at radius 2 is 2.06 bits per heavy atom. The lowest BCUT2D eigenvalue weighted by Crippen LogP contribution is -2.30. The summed E-state index contributed by atoms with van der Waals surface area (Å²) in [5, 5.41) is 0. The van der Waals surface area contributed by atoms with Gasteiger partial charge in [0.05, 0.1) is 13.0 Å². The van der Waals surface area contributed by atoms with Crippen molar-refractivity contribution in [1.29, 1.82) is 0 Å². The van der Waals surface area contributed by atoms with Crippen molar-refractivity contribution in [3.8, 4) is 0 Å². The Labute approximate surface area is 107 Å². The van der Waals surface area contributed by atoms with Crippen LogP contribution in [0.4, 0.5) is 0 Å². The van der Waals surface area contributed by atoms with E-state index in [0.29, 0.717) is 25.1 Å². The van der Waals surface area contributed by atoms with Gasteiger partial charge in [-0.25, -0.2) is 0 Å². The van der Waals surface area contributed by atoms with E-state index in [1.807, 2.05) is 31.2 Å². The van der Waals surface area contributed by atoms with Crippen LogP contribution in [0.3, 0.4) is 0 Å². The van der Waals surface area contributed by atoms with Gasteiger partial charge in [-0.3, -0.25) is 9.59 Å². The van der Waals surface area contributed by atoms with E-state index in [2.05, 4.69) is 0 Å². The minimum absolute atomic E-state index is 0.000460. The summed E-state index contributed by atoms with van der Waals surface area (Å²) < 4.78 is 4.71. The first-order valence-corrected chi connectivity index (χ1v) is 6.06. The van der Waals surface area contributed by atoms with Crippen molar-refractivity contribution in [2.75, 3.05) is 20.2 Å². The summed E-state index contributed by atoms with van der Waals surface area (Å²) in [6, 6.07) is 7.51. The lowest BCUT2D eigenvalue weighted by Gasteiger charge is -2.17. The van der Waals surface area contributed by atoms with Gasteiger partial charge in [0.15, 0.2) is 0 Å². The molecule has 1 unspecified atom stereocenters. The van der Waals surface area contributed by atoms with Crippen LogP contribution in [0.2, 0.25) is 0 Å². The standard InChI is InChI=1S/C14H17NO3/c1-10-5-3-4-6-12(10)13(16)15-8-7-11(9-15)14(17)18-2/h3-6,11H,7-9H2,1-2H3. The van der Waals surface area contributed by atoms with Gasteiger partial charge in [0, 0.05) is 18.7 Å². The van der Waals surface area contributed by atoms with Gasteiger partial charge in [-0.05, 0) is 25.0 Å². The average molecular weight is 247 g/mol. The second kappa shape index (κ2) is 5.21. The Hall–Kier alpha value is -1.84. The molecule has 1 atom stereocenters. The predicted octanol–water partition coefficient (Wildman–Crippen LogP) is 1.63. The minimum atomic E-state index is -0.227. The summed E-state index contributed by atoms with van der Waals surface area (Å²) in [6.07, 6.45) is 0.685. The average Bonchev–Trinajstić information content (AvgIpc) is 2.87. The van der Waals surface area contributed by atoms with Gasteiger partial charge in [0.25, 0.3) is 5.91 Å². The predicted molar refractivity (Wildman–Crippen MR) is 67.2 cm³/mol. The zero-order valence-electron chi connectivity index (χ0n) is 10.7. The Balaban J connectivity index is 2.08. The number of nitrogens with zero attached hydrogens (tertiary/aromatic N) is 1. The highest BCUT2D eigenvalue weighted by Crippen LogP contribution is 2.20. The summed E-state index contributed by atoms with van der Waals surface area (Å²) in [5.74, 6) is -0.405. The van der Waals surface area contributed by atoms with Gasteiger partial charge in [-0.1, -0.05) is 18.2 Å². The van der Waals surface area contributed by atoms with Gasteiger partial charge < -0.3 is 9.64 Å². The molecule has 18 heavy (non-hydrogen) atoms. The molecular weight excluding hydrogens is 230 g/mol. The van der Waals surface area contributed by atoms with Crippen LogP contribution in [0.25, 0.3) is 0 Å². The molecule has 1 aromatic carbocycles. The van der Waals surface area contributed by atoms with Crippen LogP contribution in [-0.4, -0.2) is 37.0 Å². The number of likely N-dealkylation sites (tertiary alicyclic amines) is 1. The highest BCUT2D eigenvalue weighted by Gasteiger charge is 2.32. The fourth-order valence-electron chi connectivity index (χ4n) is 2.29. The molecule has 1 amide bonds. The lowest BCUT2D eigenvalue weighted by atomic mass is 10.1. The summed E-state index contributed by atoms with van der Waals surface area (Å²) in [4.78, 5) is 25.4. The SMILES string of the molecule is COC(=O)C1CCN(C(=O)c2ccccc2C)C1. The first-order valence-electron chi connectivity index (χ1n) is 6.06. The zero-order valence-corrected chi connectivity index (χ0v) is 10.7. The van der Waals surface area contributed by atoms with Crippen LogP contribution in [0.5, 0.6) is 0 Å². The maximum atomic E-state index is 12.3. The second-order valence-corrected chi connectivity index (χ2v) is 4.57. The van der Waals surface area contributed by atoms with Crippen LogP contribution >= 0.6 is 0 Å². The van der Waals surface area contributed by atoms with Gasteiger partial charge in [0.1, 0.15) is 0 Å². The number of hydrogen-bond acceptors (Lipinski definition) is 3. The highest BCUT2D eigenvalue weighted by atomic mass is 16.5. The molecule has 0 saturated carbocycles.